The molecule has 2 N–H and O–H groups in total. The monoisotopic (exact) mass is 441 g/mol. The number of halogens is 1. The van der Waals surface area contributed by atoms with Crippen LogP contribution in [0.1, 0.15) is 11.3 Å². The van der Waals surface area contributed by atoms with Crippen molar-refractivity contribution in [3.63, 3.8) is 0 Å². The summed E-state index contributed by atoms with van der Waals surface area (Å²) >= 11 is 5.79. The Hall–Kier alpha value is -3.78. The Morgan fingerprint density at radius 3 is 2.23 bits per heavy atom. The minimum absolute atomic E-state index is 0.113. The minimum atomic E-state index is -0.397. The summed E-state index contributed by atoms with van der Waals surface area (Å²) in [6.07, 6.45) is 3.03. The fourth-order valence-electron chi connectivity index (χ4n) is 2.34. The van der Waals surface area contributed by atoms with Crippen LogP contribution in [0, 0.1) is 0 Å². The minimum Gasteiger partial charge on any atom is -0.484 e. The summed E-state index contributed by atoms with van der Waals surface area (Å²) in [4.78, 5) is 23.6. The summed E-state index contributed by atoms with van der Waals surface area (Å²) in [7, 11) is 0. The molecule has 2 aromatic carbocycles. The fraction of sp³-hybridized carbons (Fsp3) is 0.136. The molecular weight excluding hydrogens is 422 g/mol. The first-order valence-electron chi connectivity index (χ1n) is 9.31. The normalized spacial score (nSPS) is 10.6. The van der Waals surface area contributed by atoms with Gasteiger partial charge in [-0.1, -0.05) is 11.6 Å². The molecule has 31 heavy (non-hydrogen) atoms. The van der Waals surface area contributed by atoms with Gasteiger partial charge >= 0.3 is 0 Å². The van der Waals surface area contributed by atoms with Crippen LogP contribution in [0.5, 0.6) is 11.5 Å². The molecule has 0 bridgehead atoms. The molecule has 0 aliphatic heterocycles. The van der Waals surface area contributed by atoms with Crippen LogP contribution in [-0.4, -0.2) is 31.2 Å². The van der Waals surface area contributed by atoms with Crippen LogP contribution < -0.4 is 20.2 Å². The summed E-state index contributed by atoms with van der Waals surface area (Å²) in [5.74, 6) is 1.08. The van der Waals surface area contributed by atoms with E-state index in [2.05, 4.69) is 15.8 Å². The Morgan fingerprint density at radius 1 is 0.935 bits per heavy atom. The van der Waals surface area contributed by atoms with E-state index in [1.165, 1.54) is 6.21 Å². The smallest absolute Gasteiger partial charge is 0.277 e. The molecular formula is C22H20ClN3O5. The molecule has 0 aliphatic carbocycles. The number of rotatable bonds is 10. The van der Waals surface area contributed by atoms with Gasteiger partial charge in [-0.25, -0.2) is 5.43 Å². The van der Waals surface area contributed by atoms with Crippen LogP contribution in [0.3, 0.4) is 0 Å². The average molecular weight is 442 g/mol. The van der Waals surface area contributed by atoms with Crippen molar-refractivity contribution in [2.24, 2.45) is 5.10 Å². The van der Waals surface area contributed by atoms with Gasteiger partial charge in [0.2, 0.25) is 0 Å². The summed E-state index contributed by atoms with van der Waals surface area (Å²) in [6.45, 7) is 0.0204. The van der Waals surface area contributed by atoms with Crippen molar-refractivity contribution < 1.29 is 23.5 Å². The second kappa shape index (κ2) is 11.4. The number of ether oxygens (including phenoxy) is 2. The van der Waals surface area contributed by atoms with E-state index in [1.807, 2.05) is 0 Å². The zero-order valence-electron chi connectivity index (χ0n) is 16.4. The van der Waals surface area contributed by atoms with Crippen molar-refractivity contribution in [1.82, 2.24) is 10.7 Å². The third-order valence-corrected chi connectivity index (χ3v) is 4.13. The number of furan rings is 1. The molecule has 0 radical (unpaired) electrons. The molecule has 8 nitrogen and oxygen atoms in total. The Bertz CT molecular complexity index is 1000. The topological polar surface area (TPSA) is 102 Å². The van der Waals surface area contributed by atoms with Crippen LogP contribution in [-0.2, 0) is 16.1 Å². The molecule has 0 saturated carbocycles. The lowest BCUT2D eigenvalue weighted by atomic mass is 10.2. The van der Waals surface area contributed by atoms with Crippen LogP contribution in [0.4, 0.5) is 0 Å². The Kier molecular flexibility index (Phi) is 8.07. The number of carbonyl (C=O) groups is 2. The van der Waals surface area contributed by atoms with Gasteiger partial charge in [0, 0.05) is 5.02 Å². The molecule has 0 saturated heterocycles. The van der Waals surface area contributed by atoms with E-state index in [4.69, 9.17) is 25.5 Å². The summed E-state index contributed by atoms with van der Waals surface area (Å²) in [6, 6.07) is 17.1. The van der Waals surface area contributed by atoms with Gasteiger partial charge in [-0.15, -0.1) is 0 Å². The third-order valence-electron chi connectivity index (χ3n) is 3.88. The fourth-order valence-corrected chi connectivity index (χ4v) is 2.47. The van der Waals surface area contributed by atoms with Gasteiger partial charge in [-0.2, -0.15) is 5.10 Å². The number of nitrogens with zero attached hydrogens (tertiary/aromatic N) is 1. The van der Waals surface area contributed by atoms with Gasteiger partial charge in [0.1, 0.15) is 17.3 Å². The Labute approximate surface area is 183 Å². The largest absolute Gasteiger partial charge is 0.484 e. The molecule has 0 fully saturated rings. The molecule has 2 amide bonds. The second-order valence-corrected chi connectivity index (χ2v) is 6.69. The zero-order valence-corrected chi connectivity index (χ0v) is 17.2. The van der Waals surface area contributed by atoms with Gasteiger partial charge in [-0.05, 0) is 66.2 Å². The number of benzene rings is 2. The number of carbonyl (C=O) groups excluding carboxylic acids is 2. The average Bonchev–Trinajstić information content (AvgIpc) is 3.30. The summed E-state index contributed by atoms with van der Waals surface area (Å²) in [5, 5.41) is 7.16. The first-order chi connectivity index (χ1) is 15.1. The number of hydrogen-bond acceptors (Lipinski definition) is 6. The maximum atomic E-state index is 11.8. The van der Waals surface area contributed by atoms with Gasteiger partial charge in [0.05, 0.1) is 19.0 Å². The quantitative estimate of drug-likeness (QED) is 0.371. The van der Waals surface area contributed by atoms with Gasteiger partial charge < -0.3 is 19.2 Å². The highest BCUT2D eigenvalue weighted by atomic mass is 35.5. The number of nitrogens with one attached hydrogen (secondary N) is 2. The SMILES string of the molecule is O=C(COc1ccc(/C=N\NC(=O)COc2ccc(Cl)cc2)cc1)NCc1ccco1. The first-order valence-corrected chi connectivity index (χ1v) is 9.68. The van der Waals surface area contributed by atoms with Gasteiger partial charge in [0.15, 0.2) is 13.2 Å². The third kappa shape index (κ3) is 7.87. The van der Waals surface area contributed by atoms with Crippen molar-refractivity contribution in [2.75, 3.05) is 13.2 Å². The van der Waals surface area contributed by atoms with Crippen molar-refractivity contribution in [3.8, 4) is 11.5 Å². The van der Waals surface area contributed by atoms with Crippen molar-refractivity contribution in [3.05, 3.63) is 83.3 Å². The van der Waals surface area contributed by atoms with Crippen molar-refractivity contribution in [2.45, 2.75) is 6.54 Å². The molecule has 160 valence electrons. The lowest BCUT2D eigenvalue weighted by Gasteiger charge is -2.07. The highest BCUT2D eigenvalue weighted by Crippen LogP contribution is 2.15. The van der Waals surface area contributed by atoms with Crippen molar-refractivity contribution >= 4 is 29.6 Å². The highest BCUT2D eigenvalue weighted by molar-refractivity contribution is 6.30. The van der Waals surface area contributed by atoms with E-state index in [1.54, 1.807) is 66.9 Å². The highest BCUT2D eigenvalue weighted by Gasteiger charge is 2.04. The molecule has 1 aromatic heterocycles. The number of hydrogen-bond donors (Lipinski definition) is 2. The molecule has 3 rings (SSSR count). The predicted molar refractivity (Wildman–Crippen MR) is 115 cm³/mol. The van der Waals surface area contributed by atoms with E-state index >= 15 is 0 Å². The standard InChI is InChI=1S/C22H20ClN3O5/c23-17-5-9-19(10-6-17)31-15-22(28)26-25-12-16-3-7-18(8-4-16)30-14-21(27)24-13-20-2-1-11-29-20/h1-12H,13-15H2,(H,24,27)(H,26,28)/b25-12-. The van der Waals surface area contributed by atoms with E-state index in [0.717, 1.165) is 5.56 Å². The number of hydrazone groups is 1. The number of amides is 2. The maximum Gasteiger partial charge on any atom is 0.277 e. The lowest BCUT2D eigenvalue weighted by Crippen LogP contribution is -2.28. The zero-order chi connectivity index (χ0) is 21.9. The van der Waals surface area contributed by atoms with E-state index in [9.17, 15) is 9.59 Å². The lowest BCUT2D eigenvalue weighted by molar-refractivity contribution is -0.123. The molecule has 0 spiro atoms. The maximum absolute atomic E-state index is 11.8. The summed E-state index contributed by atoms with van der Waals surface area (Å²) in [5.41, 5.74) is 3.12. The van der Waals surface area contributed by atoms with Crippen LogP contribution in [0.15, 0.2) is 76.4 Å². The van der Waals surface area contributed by atoms with E-state index in [0.29, 0.717) is 28.8 Å². The molecule has 9 heteroatoms. The second-order valence-electron chi connectivity index (χ2n) is 6.25. The van der Waals surface area contributed by atoms with Crippen molar-refractivity contribution in [1.29, 1.82) is 0 Å². The van der Waals surface area contributed by atoms with Crippen LogP contribution in [0.2, 0.25) is 5.02 Å². The molecule has 1 heterocycles. The van der Waals surface area contributed by atoms with E-state index in [-0.39, 0.29) is 19.1 Å². The predicted octanol–water partition coefficient (Wildman–Crippen LogP) is 3.16. The van der Waals surface area contributed by atoms with Gasteiger partial charge in [-0.3, -0.25) is 9.59 Å². The van der Waals surface area contributed by atoms with Crippen LogP contribution >= 0.6 is 11.6 Å². The Balaban J connectivity index is 1.35. The summed E-state index contributed by atoms with van der Waals surface area (Å²) < 4.78 is 15.9. The van der Waals surface area contributed by atoms with E-state index < -0.39 is 5.91 Å². The van der Waals surface area contributed by atoms with Gasteiger partial charge in [0.25, 0.3) is 11.8 Å². The molecule has 0 unspecified atom stereocenters. The Morgan fingerprint density at radius 2 is 1.58 bits per heavy atom. The van der Waals surface area contributed by atoms with Crippen LogP contribution in [0.25, 0.3) is 0 Å². The molecule has 3 aromatic rings. The molecule has 0 atom stereocenters. The first kappa shape index (κ1) is 21.9. The molecule has 0 aliphatic rings.